The molecule has 0 aliphatic heterocycles. The molecule has 0 saturated carbocycles. The first-order valence-electron chi connectivity index (χ1n) is 5.10. The number of nitrogens with one attached hydrogen (secondary N) is 1. The Balaban J connectivity index is 4.72. The maximum absolute atomic E-state index is 11.8. The van der Waals surface area contributed by atoms with Crippen LogP contribution in [0, 0.1) is 0 Å². The monoisotopic (exact) mass is 231 g/mol. The van der Waals surface area contributed by atoms with E-state index < -0.39 is 0 Å². The molecule has 88 valence electrons. The molecular weight excluding hydrogens is 210 g/mol. The first-order valence-corrected chi connectivity index (χ1v) is 5.98. The highest BCUT2D eigenvalue weighted by Crippen LogP contribution is 2.25. The Labute approximate surface area is 96.6 Å². The quantitative estimate of drug-likeness (QED) is 0.583. The molecule has 1 N–H and O–H groups in total. The SMILES string of the molecule is CO/C(C)=C(/SC(C)C)C(=O)NC(C)C. The van der Waals surface area contributed by atoms with Crippen LogP contribution in [0.3, 0.4) is 0 Å². The van der Waals surface area contributed by atoms with Gasteiger partial charge in [0.1, 0.15) is 10.7 Å². The van der Waals surface area contributed by atoms with Crippen LogP contribution in [0.4, 0.5) is 0 Å². The van der Waals surface area contributed by atoms with Crippen LogP contribution in [0.5, 0.6) is 0 Å². The Morgan fingerprint density at radius 1 is 1.27 bits per heavy atom. The number of hydrogen-bond donors (Lipinski definition) is 1. The highest BCUT2D eigenvalue weighted by Gasteiger charge is 2.16. The summed E-state index contributed by atoms with van der Waals surface area (Å²) in [5.74, 6) is 0.620. The summed E-state index contributed by atoms with van der Waals surface area (Å²) in [4.78, 5) is 12.5. The first-order chi connectivity index (χ1) is 6.88. The number of rotatable bonds is 5. The van der Waals surface area contributed by atoms with E-state index in [0.717, 1.165) is 0 Å². The van der Waals surface area contributed by atoms with E-state index in [-0.39, 0.29) is 11.9 Å². The molecule has 0 aromatic heterocycles. The molecule has 0 bridgehead atoms. The van der Waals surface area contributed by atoms with Crippen LogP contribution in [-0.2, 0) is 9.53 Å². The third-order valence-corrected chi connectivity index (χ3v) is 2.79. The van der Waals surface area contributed by atoms with Crippen LogP contribution in [0.1, 0.15) is 34.6 Å². The lowest BCUT2D eigenvalue weighted by Crippen LogP contribution is -2.31. The fraction of sp³-hybridized carbons (Fsp3) is 0.727. The summed E-state index contributed by atoms with van der Waals surface area (Å²) in [6.45, 7) is 9.80. The van der Waals surface area contributed by atoms with Gasteiger partial charge in [-0.05, 0) is 20.8 Å². The predicted octanol–water partition coefficient (Wildman–Crippen LogP) is 2.53. The Morgan fingerprint density at radius 3 is 2.13 bits per heavy atom. The van der Waals surface area contributed by atoms with Gasteiger partial charge < -0.3 is 10.1 Å². The highest BCUT2D eigenvalue weighted by molar-refractivity contribution is 8.04. The molecule has 0 radical (unpaired) electrons. The van der Waals surface area contributed by atoms with Gasteiger partial charge in [-0.2, -0.15) is 0 Å². The molecule has 4 heteroatoms. The summed E-state index contributed by atoms with van der Waals surface area (Å²) in [5.41, 5.74) is 0. The fourth-order valence-electron chi connectivity index (χ4n) is 0.953. The summed E-state index contributed by atoms with van der Waals surface area (Å²) in [6.07, 6.45) is 0. The predicted molar refractivity (Wildman–Crippen MR) is 65.7 cm³/mol. The molecule has 3 nitrogen and oxygen atoms in total. The van der Waals surface area contributed by atoms with Crippen molar-refractivity contribution in [3.05, 3.63) is 10.7 Å². The number of amides is 1. The first kappa shape index (κ1) is 14.4. The molecule has 0 rings (SSSR count). The largest absolute Gasteiger partial charge is 0.500 e. The molecule has 0 atom stereocenters. The molecule has 0 unspecified atom stereocenters. The lowest BCUT2D eigenvalue weighted by atomic mass is 10.3. The Morgan fingerprint density at radius 2 is 1.80 bits per heavy atom. The van der Waals surface area contributed by atoms with Crippen molar-refractivity contribution in [3.63, 3.8) is 0 Å². The van der Waals surface area contributed by atoms with Crippen molar-refractivity contribution in [2.24, 2.45) is 0 Å². The minimum atomic E-state index is -0.0527. The number of thioether (sulfide) groups is 1. The molecule has 0 heterocycles. The molecule has 0 aromatic rings. The van der Waals surface area contributed by atoms with Crippen molar-refractivity contribution in [1.29, 1.82) is 0 Å². The third-order valence-electron chi connectivity index (χ3n) is 1.61. The molecule has 0 fully saturated rings. The third kappa shape index (κ3) is 5.72. The molecular formula is C11H21NO2S. The summed E-state index contributed by atoms with van der Waals surface area (Å²) in [6, 6.07) is 0.143. The molecule has 0 spiro atoms. The zero-order valence-electron chi connectivity index (χ0n) is 10.4. The molecule has 1 amide bonds. The van der Waals surface area contributed by atoms with E-state index in [1.54, 1.807) is 7.11 Å². The van der Waals surface area contributed by atoms with Crippen LogP contribution in [0.15, 0.2) is 10.7 Å². The van der Waals surface area contributed by atoms with Crippen molar-refractivity contribution < 1.29 is 9.53 Å². The number of methoxy groups -OCH3 is 1. The van der Waals surface area contributed by atoms with E-state index >= 15 is 0 Å². The Bertz CT molecular complexity index is 247. The second kappa shape index (κ2) is 6.77. The van der Waals surface area contributed by atoms with E-state index in [9.17, 15) is 4.79 Å². The number of hydrogen-bond acceptors (Lipinski definition) is 3. The molecule has 0 aliphatic carbocycles. The smallest absolute Gasteiger partial charge is 0.261 e. The molecule has 15 heavy (non-hydrogen) atoms. The van der Waals surface area contributed by atoms with E-state index in [4.69, 9.17) is 4.74 Å². The van der Waals surface area contributed by atoms with Gasteiger partial charge in [0.05, 0.1) is 7.11 Å². The number of carbonyl (C=O) groups excluding carboxylic acids is 1. The van der Waals surface area contributed by atoms with E-state index in [0.29, 0.717) is 15.9 Å². The highest BCUT2D eigenvalue weighted by atomic mass is 32.2. The Hall–Kier alpha value is -0.640. The average Bonchev–Trinajstić information content (AvgIpc) is 2.11. The van der Waals surface area contributed by atoms with Crippen molar-refractivity contribution in [1.82, 2.24) is 5.32 Å². The lowest BCUT2D eigenvalue weighted by Gasteiger charge is -2.15. The summed E-state index contributed by atoms with van der Waals surface area (Å²) < 4.78 is 5.11. The summed E-state index contributed by atoms with van der Waals surface area (Å²) >= 11 is 1.52. The number of ether oxygens (including phenoxy) is 1. The van der Waals surface area contributed by atoms with Crippen molar-refractivity contribution in [2.45, 2.75) is 45.9 Å². The maximum Gasteiger partial charge on any atom is 0.261 e. The topological polar surface area (TPSA) is 38.3 Å². The van der Waals surface area contributed by atoms with Gasteiger partial charge in [0.15, 0.2) is 0 Å². The van der Waals surface area contributed by atoms with Crippen LogP contribution in [0.2, 0.25) is 0 Å². The summed E-state index contributed by atoms with van der Waals surface area (Å²) in [5, 5.41) is 3.23. The van der Waals surface area contributed by atoms with Gasteiger partial charge in [-0.1, -0.05) is 13.8 Å². The summed E-state index contributed by atoms with van der Waals surface area (Å²) in [7, 11) is 1.58. The average molecular weight is 231 g/mol. The van der Waals surface area contributed by atoms with E-state index in [2.05, 4.69) is 19.2 Å². The fourth-order valence-corrected chi connectivity index (χ4v) is 1.84. The minimum Gasteiger partial charge on any atom is -0.500 e. The van der Waals surface area contributed by atoms with Gasteiger partial charge in [0, 0.05) is 11.3 Å². The van der Waals surface area contributed by atoms with E-state index in [1.165, 1.54) is 11.8 Å². The minimum absolute atomic E-state index is 0.0527. The van der Waals surface area contributed by atoms with Crippen LogP contribution >= 0.6 is 11.8 Å². The standard InChI is InChI=1S/C11H21NO2S/c1-7(2)12-11(13)10(9(5)14-6)15-8(3)4/h7-8H,1-6H3,(H,12,13)/b10-9+. The zero-order chi connectivity index (χ0) is 12.0. The van der Waals surface area contributed by atoms with Crippen molar-refractivity contribution in [3.8, 4) is 0 Å². The van der Waals surface area contributed by atoms with E-state index in [1.807, 2.05) is 20.8 Å². The zero-order valence-corrected chi connectivity index (χ0v) is 11.2. The second-order valence-electron chi connectivity index (χ2n) is 3.88. The molecule has 0 aromatic carbocycles. The van der Waals surface area contributed by atoms with Gasteiger partial charge in [-0.3, -0.25) is 4.79 Å². The Kier molecular flexibility index (Phi) is 6.48. The molecule has 0 saturated heterocycles. The van der Waals surface area contributed by atoms with Crippen molar-refractivity contribution in [2.75, 3.05) is 7.11 Å². The van der Waals surface area contributed by atoms with Gasteiger partial charge in [-0.15, -0.1) is 11.8 Å². The maximum atomic E-state index is 11.8. The van der Waals surface area contributed by atoms with Crippen molar-refractivity contribution >= 4 is 17.7 Å². The van der Waals surface area contributed by atoms with Gasteiger partial charge >= 0.3 is 0 Å². The lowest BCUT2D eigenvalue weighted by molar-refractivity contribution is -0.117. The van der Waals surface area contributed by atoms with Crippen LogP contribution in [-0.4, -0.2) is 24.3 Å². The van der Waals surface area contributed by atoms with Gasteiger partial charge in [0.2, 0.25) is 0 Å². The van der Waals surface area contributed by atoms with Gasteiger partial charge in [0.25, 0.3) is 5.91 Å². The second-order valence-corrected chi connectivity index (χ2v) is 5.47. The molecule has 0 aliphatic rings. The number of allylic oxidation sites excluding steroid dienone is 1. The van der Waals surface area contributed by atoms with Crippen LogP contribution in [0.25, 0.3) is 0 Å². The normalized spacial score (nSPS) is 12.8. The van der Waals surface area contributed by atoms with Gasteiger partial charge in [-0.25, -0.2) is 0 Å². The number of carbonyl (C=O) groups is 1. The van der Waals surface area contributed by atoms with Crippen LogP contribution < -0.4 is 5.32 Å².